The highest BCUT2D eigenvalue weighted by Crippen LogP contribution is 2.38. The van der Waals surface area contributed by atoms with Crippen LogP contribution in [0.25, 0.3) is 16.9 Å². The van der Waals surface area contributed by atoms with Crippen LogP contribution in [0, 0.1) is 0 Å². The average molecular weight is 324 g/mol. The van der Waals surface area contributed by atoms with E-state index in [1.807, 2.05) is 35.0 Å². The first kappa shape index (κ1) is 14.0. The molecule has 3 aromatic carbocycles. The van der Waals surface area contributed by atoms with E-state index in [0.717, 1.165) is 34.9 Å². The monoisotopic (exact) mass is 324 g/mol. The van der Waals surface area contributed by atoms with Crippen molar-refractivity contribution in [3.05, 3.63) is 90.6 Å². The van der Waals surface area contributed by atoms with Crippen LogP contribution >= 0.6 is 0 Å². The van der Waals surface area contributed by atoms with Crippen LogP contribution < -0.4 is 4.90 Å². The summed E-state index contributed by atoms with van der Waals surface area (Å²) in [5.41, 5.74) is 6.51. The van der Waals surface area contributed by atoms with Gasteiger partial charge < -0.3 is 4.90 Å². The Morgan fingerprint density at radius 2 is 1.32 bits per heavy atom. The third-order valence-electron chi connectivity index (χ3n) is 4.59. The summed E-state index contributed by atoms with van der Waals surface area (Å²) in [6.07, 6.45) is 0. The maximum Gasteiger partial charge on any atom is 0.118 e. The molecule has 2 heterocycles. The van der Waals surface area contributed by atoms with E-state index < -0.39 is 0 Å². The minimum atomic E-state index is 0.734. The van der Waals surface area contributed by atoms with E-state index in [9.17, 15) is 0 Å². The van der Waals surface area contributed by atoms with Crippen LogP contribution in [0.1, 0.15) is 5.69 Å². The molecule has 0 amide bonds. The zero-order valence-electron chi connectivity index (χ0n) is 13.6. The van der Waals surface area contributed by atoms with Crippen molar-refractivity contribution in [2.45, 2.75) is 6.54 Å². The summed E-state index contributed by atoms with van der Waals surface area (Å²) in [6.45, 7) is 0.734. The van der Waals surface area contributed by atoms with Crippen LogP contribution in [0.2, 0.25) is 0 Å². The number of nitrogens with zero attached hydrogens (tertiary/aromatic N) is 4. The van der Waals surface area contributed by atoms with Gasteiger partial charge in [-0.15, -0.1) is 5.10 Å². The molecule has 0 radical (unpaired) electrons. The molecule has 4 heteroatoms. The fourth-order valence-electron chi connectivity index (χ4n) is 3.40. The molecule has 0 spiro atoms. The SMILES string of the molecule is c1ccc(-c2nnn3c2CN(c2ccccc2)c2ccccc2-3)cc1. The van der Waals surface area contributed by atoms with Crippen LogP contribution in [0.5, 0.6) is 0 Å². The Morgan fingerprint density at radius 3 is 2.08 bits per heavy atom. The van der Waals surface area contributed by atoms with E-state index in [-0.39, 0.29) is 0 Å². The minimum absolute atomic E-state index is 0.734. The van der Waals surface area contributed by atoms with E-state index in [1.165, 1.54) is 5.69 Å². The summed E-state index contributed by atoms with van der Waals surface area (Å²) in [6, 6.07) is 29.0. The lowest BCUT2D eigenvalue weighted by atomic mass is 10.1. The third kappa shape index (κ3) is 2.22. The zero-order chi connectivity index (χ0) is 16.6. The van der Waals surface area contributed by atoms with Gasteiger partial charge in [0.15, 0.2) is 0 Å². The number of para-hydroxylation sites is 3. The van der Waals surface area contributed by atoms with Crippen LogP contribution in [0.15, 0.2) is 84.9 Å². The lowest BCUT2D eigenvalue weighted by molar-refractivity contribution is 0.728. The number of hydrogen-bond donors (Lipinski definition) is 0. The highest BCUT2D eigenvalue weighted by atomic mass is 15.5. The molecule has 0 atom stereocenters. The first-order chi connectivity index (χ1) is 12.4. The van der Waals surface area contributed by atoms with Crippen molar-refractivity contribution in [2.24, 2.45) is 0 Å². The fraction of sp³-hybridized carbons (Fsp3) is 0.0476. The average Bonchev–Trinajstić information content (AvgIpc) is 3.13. The van der Waals surface area contributed by atoms with Crippen LogP contribution in [-0.2, 0) is 6.54 Å². The molecule has 25 heavy (non-hydrogen) atoms. The van der Waals surface area contributed by atoms with Gasteiger partial charge in [0.25, 0.3) is 0 Å². The van der Waals surface area contributed by atoms with E-state index in [1.54, 1.807) is 0 Å². The fourth-order valence-corrected chi connectivity index (χ4v) is 3.40. The second-order valence-corrected chi connectivity index (χ2v) is 6.07. The molecule has 0 aliphatic carbocycles. The Kier molecular flexibility index (Phi) is 3.13. The molecule has 4 aromatic rings. The molecule has 120 valence electrons. The summed E-state index contributed by atoms with van der Waals surface area (Å²) in [4.78, 5) is 2.32. The van der Waals surface area contributed by atoms with E-state index in [0.29, 0.717) is 0 Å². The second-order valence-electron chi connectivity index (χ2n) is 6.07. The highest BCUT2D eigenvalue weighted by molar-refractivity contribution is 5.76. The minimum Gasteiger partial charge on any atom is -0.334 e. The molecular weight excluding hydrogens is 308 g/mol. The van der Waals surface area contributed by atoms with Gasteiger partial charge in [-0.1, -0.05) is 65.9 Å². The molecule has 1 aliphatic heterocycles. The van der Waals surface area contributed by atoms with Crippen molar-refractivity contribution in [2.75, 3.05) is 4.90 Å². The predicted octanol–water partition coefficient (Wildman–Crippen LogP) is 4.59. The molecule has 0 saturated heterocycles. The second kappa shape index (κ2) is 5.60. The van der Waals surface area contributed by atoms with Crippen LogP contribution in [0.3, 0.4) is 0 Å². The summed E-state index contributed by atoms with van der Waals surface area (Å²) in [5, 5.41) is 8.92. The van der Waals surface area contributed by atoms with Gasteiger partial charge in [-0.05, 0) is 24.3 Å². The number of benzene rings is 3. The van der Waals surface area contributed by atoms with Gasteiger partial charge in [0.05, 0.1) is 23.6 Å². The Labute approximate surface area is 146 Å². The van der Waals surface area contributed by atoms with Crippen molar-refractivity contribution in [1.29, 1.82) is 0 Å². The van der Waals surface area contributed by atoms with Crippen LogP contribution in [0.4, 0.5) is 11.4 Å². The summed E-state index contributed by atoms with van der Waals surface area (Å²) >= 11 is 0. The third-order valence-corrected chi connectivity index (χ3v) is 4.59. The van der Waals surface area contributed by atoms with Crippen molar-refractivity contribution >= 4 is 11.4 Å². The summed E-state index contributed by atoms with van der Waals surface area (Å²) < 4.78 is 1.97. The van der Waals surface area contributed by atoms with E-state index in [4.69, 9.17) is 0 Å². The standard InChI is InChI=1S/C21H16N4/c1-3-9-16(10-4-1)21-20-15-24(17-11-5-2-6-12-17)18-13-7-8-14-19(18)25(20)23-22-21/h1-14H,15H2. The zero-order valence-corrected chi connectivity index (χ0v) is 13.6. The lowest BCUT2D eigenvalue weighted by Crippen LogP contribution is -2.25. The molecule has 0 bridgehead atoms. The quantitative estimate of drug-likeness (QED) is 0.541. The molecule has 1 aliphatic rings. The maximum atomic E-state index is 4.48. The largest absolute Gasteiger partial charge is 0.334 e. The Morgan fingerprint density at radius 1 is 0.680 bits per heavy atom. The highest BCUT2D eigenvalue weighted by Gasteiger charge is 2.27. The Hall–Kier alpha value is -3.40. The molecule has 0 saturated carbocycles. The van der Waals surface area contributed by atoms with Gasteiger partial charge in [-0.3, -0.25) is 0 Å². The van der Waals surface area contributed by atoms with Gasteiger partial charge in [0.1, 0.15) is 5.69 Å². The predicted molar refractivity (Wildman–Crippen MR) is 99.1 cm³/mol. The smallest absolute Gasteiger partial charge is 0.118 e. The summed E-state index contributed by atoms with van der Waals surface area (Å²) in [5.74, 6) is 0. The van der Waals surface area contributed by atoms with Crippen molar-refractivity contribution < 1.29 is 0 Å². The topological polar surface area (TPSA) is 34.0 Å². The summed E-state index contributed by atoms with van der Waals surface area (Å²) in [7, 11) is 0. The molecular formula is C21H16N4. The van der Waals surface area contributed by atoms with Crippen LogP contribution in [-0.4, -0.2) is 15.0 Å². The lowest BCUT2D eigenvalue weighted by Gasteiger charge is -2.31. The maximum absolute atomic E-state index is 4.48. The van der Waals surface area contributed by atoms with Gasteiger partial charge in [-0.25, -0.2) is 4.68 Å². The first-order valence-corrected chi connectivity index (χ1v) is 8.34. The van der Waals surface area contributed by atoms with E-state index in [2.05, 4.69) is 69.8 Å². The van der Waals surface area contributed by atoms with Crippen molar-refractivity contribution in [1.82, 2.24) is 15.0 Å². The molecule has 5 rings (SSSR count). The molecule has 0 fully saturated rings. The van der Waals surface area contributed by atoms with Crippen molar-refractivity contribution in [3.8, 4) is 16.9 Å². The van der Waals surface area contributed by atoms with Gasteiger partial charge >= 0.3 is 0 Å². The number of rotatable bonds is 2. The number of fused-ring (bicyclic) bond motifs is 3. The van der Waals surface area contributed by atoms with Gasteiger partial charge in [-0.2, -0.15) is 0 Å². The molecule has 0 N–H and O–H groups in total. The number of hydrogen-bond acceptors (Lipinski definition) is 3. The Bertz CT molecular complexity index is 1010. The molecule has 1 aromatic heterocycles. The van der Waals surface area contributed by atoms with Crippen molar-refractivity contribution in [3.63, 3.8) is 0 Å². The molecule has 0 unspecified atom stereocenters. The number of aromatic nitrogens is 3. The first-order valence-electron chi connectivity index (χ1n) is 8.34. The van der Waals surface area contributed by atoms with Gasteiger partial charge in [0.2, 0.25) is 0 Å². The van der Waals surface area contributed by atoms with E-state index >= 15 is 0 Å². The molecule has 4 nitrogen and oxygen atoms in total. The number of anilines is 2. The Balaban J connectivity index is 1.71. The normalized spacial score (nSPS) is 12.6. The van der Waals surface area contributed by atoms with Gasteiger partial charge in [0, 0.05) is 11.3 Å².